The maximum Gasteiger partial charge on any atom is 0.267 e. The van der Waals surface area contributed by atoms with Crippen LogP contribution in [0.25, 0.3) is 11.7 Å². The number of aliphatic hydroxyl groups is 1. The van der Waals surface area contributed by atoms with Crippen LogP contribution < -0.4 is 10.9 Å². The smallest absolute Gasteiger partial charge is 0.267 e. The Labute approximate surface area is 218 Å². The highest BCUT2D eigenvalue weighted by molar-refractivity contribution is 8.26. The van der Waals surface area contributed by atoms with Crippen molar-refractivity contribution in [1.29, 1.82) is 0 Å². The third-order valence-electron chi connectivity index (χ3n) is 6.29. The summed E-state index contributed by atoms with van der Waals surface area (Å²) in [5.74, 6) is 0.0539. The zero-order valence-corrected chi connectivity index (χ0v) is 21.3. The van der Waals surface area contributed by atoms with Gasteiger partial charge in [-0.25, -0.2) is 4.98 Å². The highest BCUT2D eigenvalue weighted by Crippen LogP contribution is 2.34. The molecule has 2 N–H and O–H groups in total. The van der Waals surface area contributed by atoms with E-state index in [9.17, 15) is 14.7 Å². The van der Waals surface area contributed by atoms with E-state index in [1.54, 1.807) is 23.2 Å². The van der Waals surface area contributed by atoms with Crippen LogP contribution in [0.4, 0.5) is 5.82 Å². The predicted molar refractivity (Wildman–Crippen MR) is 145 cm³/mol. The van der Waals surface area contributed by atoms with Gasteiger partial charge in [0.25, 0.3) is 11.5 Å². The van der Waals surface area contributed by atoms with Crippen LogP contribution in [0.1, 0.15) is 35.6 Å². The number of hydrogen-bond donors (Lipinski definition) is 2. The zero-order chi connectivity index (χ0) is 25.2. The molecule has 2 atom stereocenters. The number of nitrogens with one attached hydrogen (secondary N) is 1. The summed E-state index contributed by atoms with van der Waals surface area (Å²) in [5, 5.41) is 13.8. The second kappa shape index (κ2) is 10.5. The van der Waals surface area contributed by atoms with Gasteiger partial charge >= 0.3 is 0 Å². The summed E-state index contributed by atoms with van der Waals surface area (Å²) in [6.07, 6.45) is 4.23. The lowest BCUT2D eigenvalue weighted by molar-refractivity contribution is -0.123. The normalized spacial score (nSPS) is 20.0. The van der Waals surface area contributed by atoms with Gasteiger partial charge in [0.05, 0.1) is 29.2 Å². The maximum absolute atomic E-state index is 13.5. The van der Waals surface area contributed by atoms with Gasteiger partial charge in [0.15, 0.2) is 0 Å². The number of hydrogen-bond acceptors (Lipinski definition) is 8. The third-order valence-corrected chi connectivity index (χ3v) is 7.67. The van der Waals surface area contributed by atoms with Crippen LogP contribution in [0.2, 0.25) is 0 Å². The fourth-order valence-corrected chi connectivity index (χ4v) is 5.60. The molecule has 2 unspecified atom stereocenters. The molecular weight excluding hydrogens is 496 g/mol. The van der Waals surface area contributed by atoms with E-state index in [0.29, 0.717) is 33.8 Å². The van der Waals surface area contributed by atoms with E-state index in [-0.39, 0.29) is 29.7 Å². The highest BCUT2D eigenvalue weighted by atomic mass is 32.2. The molecule has 2 fully saturated rings. The molecule has 0 aliphatic carbocycles. The Bertz CT molecular complexity index is 1400. The van der Waals surface area contributed by atoms with E-state index < -0.39 is 6.10 Å². The molecule has 2 saturated heterocycles. The first kappa shape index (κ1) is 24.6. The number of carbonyl (C=O) groups is 1. The van der Waals surface area contributed by atoms with Gasteiger partial charge in [-0.05, 0) is 43.0 Å². The average Bonchev–Trinajstić information content (AvgIpc) is 3.49. The molecule has 1 aromatic carbocycles. The van der Waals surface area contributed by atoms with Gasteiger partial charge in [0.1, 0.15) is 15.8 Å². The summed E-state index contributed by atoms with van der Waals surface area (Å²) < 4.78 is 7.58. The van der Waals surface area contributed by atoms with Crippen molar-refractivity contribution in [3.8, 4) is 0 Å². The van der Waals surface area contributed by atoms with Crippen molar-refractivity contribution >= 4 is 51.7 Å². The first-order chi connectivity index (χ1) is 17.4. The second-order valence-corrected chi connectivity index (χ2v) is 10.5. The monoisotopic (exact) mass is 522 g/mol. The van der Waals surface area contributed by atoms with Crippen LogP contribution in [0, 0.1) is 6.92 Å². The second-order valence-electron chi connectivity index (χ2n) is 8.80. The Morgan fingerprint density at radius 2 is 2.08 bits per heavy atom. The van der Waals surface area contributed by atoms with Gasteiger partial charge in [0, 0.05) is 19.3 Å². The van der Waals surface area contributed by atoms with Crippen molar-refractivity contribution in [3.63, 3.8) is 0 Å². The number of fused-ring (bicyclic) bond motifs is 1. The van der Waals surface area contributed by atoms with Crippen molar-refractivity contribution in [2.45, 2.75) is 32.0 Å². The molecule has 1 amide bonds. The summed E-state index contributed by atoms with van der Waals surface area (Å²) in [7, 11) is 0. The number of benzene rings is 1. The number of amides is 1. The molecule has 0 saturated carbocycles. The molecule has 2 aliphatic rings. The Morgan fingerprint density at radius 1 is 1.28 bits per heavy atom. The molecule has 4 heterocycles. The lowest BCUT2D eigenvalue weighted by atomic mass is 10.1. The van der Waals surface area contributed by atoms with Crippen molar-refractivity contribution < 1.29 is 14.6 Å². The van der Waals surface area contributed by atoms with Crippen molar-refractivity contribution in [2.75, 3.05) is 25.0 Å². The lowest BCUT2D eigenvalue weighted by Crippen LogP contribution is -2.35. The number of thioether (sulfide) groups is 1. The Morgan fingerprint density at radius 3 is 2.83 bits per heavy atom. The van der Waals surface area contributed by atoms with Crippen LogP contribution in [0.15, 0.2) is 58.4 Å². The number of pyridine rings is 1. The molecule has 8 nitrogen and oxygen atoms in total. The summed E-state index contributed by atoms with van der Waals surface area (Å²) in [6, 6.07) is 12.9. The number of nitrogens with zero attached hydrogens (tertiary/aromatic N) is 3. The van der Waals surface area contributed by atoms with E-state index in [4.69, 9.17) is 21.9 Å². The lowest BCUT2D eigenvalue weighted by Gasteiger charge is -2.18. The minimum atomic E-state index is -0.805. The molecule has 2 aromatic heterocycles. The average molecular weight is 523 g/mol. The molecule has 3 aromatic rings. The Kier molecular flexibility index (Phi) is 7.20. The predicted octanol–water partition coefficient (Wildman–Crippen LogP) is 3.53. The fraction of sp³-hybridized carbons (Fsp3) is 0.308. The molecule has 10 heteroatoms. The van der Waals surface area contributed by atoms with Gasteiger partial charge < -0.3 is 15.2 Å². The maximum atomic E-state index is 13.5. The number of rotatable bonds is 7. The number of carbonyl (C=O) groups excluding carboxylic acids is 1. The van der Waals surface area contributed by atoms with E-state index in [2.05, 4.69) is 5.32 Å². The molecule has 36 heavy (non-hydrogen) atoms. The number of aliphatic hydroxyl groups excluding tert-OH is 1. The molecule has 0 spiro atoms. The van der Waals surface area contributed by atoms with Crippen molar-refractivity contribution in [2.24, 2.45) is 0 Å². The van der Waals surface area contributed by atoms with E-state index in [1.807, 2.05) is 43.3 Å². The topological polar surface area (TPSA) is 96.2 Å². The van der Waals surface area contributed by atoms with Gasteiger partial charge in [0.2, 0.25) is 0 Å². The standard InChI is InChI=1S/C26H26N4O4S2/c1-16-7-5-11-29-23(16)28-22(27-14-20(31)17-8-3-2-4-9-17)19(24(29)32)13-21-25(33)30(26(35)36-21)15-18-10-6-12-34-18/h2-5,7-9,11,13,18,20,27,31H,6,10,12,14-15H2,1H3. The van der Waals surface area contributed by atoms with Crippen LogP contribution >= 0.6 is 24.0 Å². The van der Waals surface area contributed by atoms with Crippen LogP contribution in [-0.2, 0) is 9.53 Å². The fourth-order valence-electron chi connectivity index (χ4n) is 4.34. The molecule has 0 bridgehead atoms. The minimum absolute atomic E-state index is 0.0283. The van der Waals surface area contributed by atoms with Crippen molar-refractivity contribution in [3.05, 3.63) is 80.6 Å². The number of ether oxygens (including phenoxy) is 1. The molecule has 2 aliphatic heterocycles. The number of aryl methyl sites for hydroxylation is 1. The van der Waals surface area contributed by atoms with Gasteiger partial charge in [-0.15, -0.1) is 0 Å². The molecular formula is C26H26N4O4S2. The number of aromatic nitrogens is 2. The van der Waals surface area contributed by atoms with Crippen LogP contribution in [-0.4, -0.2) is 55.4 Å². The molecule has 5 rings (SSSR count). The van der Waals surface area contributed by atoms with E-state index in [1.165, 1.54) is 16.2 Å². The van der Waals surface area contributed by atoms with E-state index in [0.717, 1.165) is 24.0 Å². The van der Waals surface area contributed by atoms with E-state index >= 15 is 0 Å². The number of anilines is 1. The summed E-state index contributed by atoms with van der Waals surface area (Å²) >= 11 is 6.64. The highest BCUT2D eigenvalue weighted by Gasteiger charge is 2.35. The van der Waals surface area contributed by atoms with Crippen molar-refractivity contribution in [1.82, 2.24) is 14.3 Å². The first-order valence-electron chi connectivity index (χ1n) is 11.8. The summed E-state index contributed by atoms with van der Waals surface area (Å²) in [5.41, 5.74) is 1.99. The number of thiocarbonyl (C=S) groups is 1. The van der Waals surface area contributed by atoms with Gasteiger partial charge in [-0.3, -0.25) is 18.9 Å². The third kappa shape index (κ3) is 4.94. The Hall–Kier alpha value is -3.05. The minimum Gasteiger partial charge on any atom is -0.387 e. The van der Waals surface area contributed by atoms with Crippen LogP contribution in [0.5, 0.6) is 0 Å². The SMILES string of the molecule is Cc1cccn2c(=O)c(C=C3SC(=S)N(CC4CCCO4)C3=O)c(NCC(O)c3ccccc3)nc12. The summed E-state index contributed by atoms with van der Waals surface area (Å²) in [6.45, 7) is 3.11. The molecule has 186 valence electrons. The van der Waals surface area contributed by atoms with Gasteiger partial charge in [-0.1, -0.05) is 60.4 Å². The quantitative estimate of drug-likeness (QED) is 0.360. The summed E-state index contributed by atoms with van der Waals surface area (Å²) in [4.78, 5) is 33.3. The van der Waals surface area contributed by atoms with Crippen LogP contribution in [0.3, 0.4) is 0 Å². The largest absolute Gasteiger partial charge is 0.387 e. The zero-order valence-electron chi connectivity index (χ0n) is 19.7. The van der Waals surface area contributed by atoms with Gasteiger partial charge in [-0.2, -0.15) is 0 Å². The first-order valence-corrected chi connectivity index (χ1v) is 13.0. The molecule has 0 radical (unpaired) electrons. The Balaban J connectivity index is 1.50.